The van der Waals surface area contributed by atoms with Crippen molar-refractivity contribution < 1.29 is 32.3 Å². The average Bonchev–Trinajstić information content (AvgIpc) is 3.70. The summed E-state index contributed by atoms with van der Waals surface area (Å²) in [5.41, 5.74) is 0.618. The second-order valence-corrected chi connectivity index (χ2v) is 12.4. The van der Waals surface area contributed by atoms with Gasteiger partial charge in [0.25, 0.3) is 15.1 Å². The van der Waals surface area contributed by atoms with Crippen LogP contribution in [-0.2, 0) is 19.6 Å². The van der Waals surface area contributed by atoms with Crippen molar-refractivity contribution in [3.05, 3.63) is 66.6 Å². The highest BCUT2D eigenvalue weighted by Gasteiger charge is 2.55. The summed E-state index contributed by atoms with van der Waals surface area (Å²) >= 11 is 1.23. The number of hydrogen-bond donors (Lipinski definition) is 1. The van der Waals surface area contributed by atoms with Gasteiger partial charge in [-0.1, -0.05) is 30.7 Å². The van der Waals surface area contributed by atoms with Gasteiger partial charge < -0.3 is 15.0 Å². The molecule has 1 N–H and O–H groups in total. The number of ether oxygens (including phenoxy) is 1. The lowest BCUT2D eigenvalue weighted by molar-refractivity contribution is -0.138. The molecule has 14 heteroatoms. The molecule has 2 amide bonds. The van der Waals surface area contributed by atoms with Crippen molar-refractivity contribution in [2.45, 2.75) is 44.3 Å². The molecule has 2 aliphatic rings. The number of carbonyl (C=O) groups excluding carboxylic acids is 4. The monoisotopic (exact) mass is 597 g/mol. The first kappa shape index (κ1) is 28.5. The molecule has 0 bridgehead atoms. The Morgan fingerprint density at radius 2 is 1.98 bits per heavy atom. The number of sulfonamides is 1. The van der Waals surface area contributed by atoms with Gasteiger partial charge >= 0.3 is 6.09 Å². The third-order valence-corrected chi connectivity index (χ3v) is 9.67. The number of fused-ring (bicyclic) bond motifs is 1. The van der Waals surface area contributed by atoms with Gasteiger partial charge in [0.2, 0.25) is 5.91 Å². The molecule has 12 nitrogen and oxygen atoms in total. The SMILES string of the molecule is CCCC(NC(=O)Oc1ccc(-c2ccccn2)s1)C(=O)N1CCC2C1C(=O)CN2S(=O)(=O)C(=O)c1cccnc1. The van der Waals surface area contributed by atoms with E-state index in [1.165, 1.54) is 34.6 Å². The Bertz CT molecular complexity index is 1560. The zero-order chi connectivity index (χ0) is 29.1. The number of aromatic nitrogens is 2. The van der Waals surface area contributed by atoms with Crippen LogP contribution in [0.5, 0.6) is 5.06 Å². The molecular weight excluding hydrogens is 570 g/mol. The molecule has 2 aliphatic heterocycles. The highest BCUT2D eigenvalue weighted by molar-refractivity contribution is 8.04. The Morgan fingerprint density at radius 3 is 2.68 bits per heavy atom. The summed E-state index contributed by atoms with van der Waals surface area (Å²) in [6, 6.07) is 8.76. The Morgan fingerprint density at radius 1 is 1.15 bits per heavy atom. The van der Waals surface area contributed by atoms with E-state index in [0.717, 1.165) is 21.1 Å². The first-order valence-corrected chi connectivity index (χ1v) is 15.3. The number of rotatable bonds is 8. The van der Waals surface area contributed by atoms with Crippen LogP contribution in [-0.4, -0.2) is 81.7 Å². The van der Waals surface area contributed by atoms with E-state index in [9.17, 15) is 27.6 Å². The molecule has 0 aromatic carbocycles. The fourth-order valence-corrected chi connectivity index (χ4v) is 7.45. The highest BCUT2D eigenvalue weighted by atomic mass is 32.2. The lowest BCUT2D eigenvalue weighted by Crippen LogP contribution is -2.53. The van der Waals surface area contributed by atoms with Crippen molar-refractivity contribution in [3.63, 3.8) is 0 Å². The zero-order valence-corrected chi connectivity index (χ0v) is 23.6. The van der Waals surface area contributed by atoms with Gasteiger partial charge in [-0.3, -0.25) is 24.4 Å². The molecule has 5 heterocycles. The largest absolute Gasteiger partial charge is 0.414 e. The molecule has 3 aromatic rings. The van der Waals surface area contributed by atoms with E-state index < -0.39 is 57.6 Å². The van der Waals surface area contributed by atoms with Gasteiger partial charge in [0.1, 0.15) is 12.1 Å². The molecule has 3 atom stereocenters. The minimum absolute atomic E-state index is 0.0995. The number of nitrogens with one attached hydrogen (secondary N) is 1. The number of pyridine rings is 2. The number of amides is 2. The van der Waals surface area contributed by atoms with Gasteiger partial charge in [0.15, 0.2) is 10.8 Å². The molecule has 3 aromatic heterocycles. The lowest BCUT2D eigenvalue weighted by Gasteiger charge is -2.27. The number of Topliss-reactive ketones (excluding diaryl/α,β-unsaturated/α-hetero) is 1. The number of thiophene rings is 1. The van der Waals surface area contributed by atoms with E-state index in [1.807, 2.05) is 19.1 Å². The van der Waals surface area contributed by atoms with E-state index in [4.69, 9.17) is 4.74 Å². The Kier molecular flexibility index (Phi) is 8.24. The van der Waals surface area contributed by atoms with Crippen LogP contribution < -0.4 is 10.1 Å². The third-order valence-electron chi connectivity index (χ3n) is 6.96. The maximum atomic E-state index is 13.6. The standard InChI is InChI=1S/C27H27N5O7S2/c1-2-6-19(30-27(36)39-23-10-9-22(40-23)18-8-3-4-13-29-18)25(34)31-14-11-20-24(31)21(33)16-32(20)41(37,38)26(35)17-7-5-12-28-15-17/h3-5,7-10,12-13,15,19-20,24H,2,6,11,14,16H2,1H3,(H,30,36). The summed E-state index contributed by atoms with van der Waals surface area (Å²) in [4.78, 5) is 62.3. The van der Waals surface area contributed by atoms with Gasteiger partial charge in [0.05, 0.1) is 28.7 Å². The van der Waals surface area contributed by atoms with Gasteiger partial charge in [-0.05, 0) is 49.2 Å². The van der Waals surface area contributed by atoms with E-state index in [-0.39, 0.29) is 24.9 Å². The average molecular weight is 598 g/mol. The third kappa shape index (κ3) is 5.76. The molecule has 3 unspecified atom stereocenters. The first-order chi connectivity index (χ1) is 19.7. The molecule has 214 valence electrons. The van der Waals surface area contributed by atoms with E-state index in [0.29, 0.717) is 11.5 Å². The van der Waals surface area contributed by atoms with Crippen molar-refractivity contribution in [2.24, 2.45) is 0 Å². The van der Waals surface area contributed by atoms with Crippen LogP contribution in [0.3, 0.4) is 0 Å². The second kappa shape index (κ2) is 11.8. The lowest BCUT2D eigenvalue weighted by atomic mass is 10.1. The number of carbonyl (C=O) groups is 4. The van der Waals surface area contributed by atoms with Gasteiger partial charge in [-0.15, -0.1) is 0 Å². The predicted molar refractivity (Wildman–Crippen MR) is 149 cm³/mol. The molecule has 2 fully saturated rings. The Balaban J connectivity index is 1.26. The molecule has 41 heavy (non-hydrogen) atoms. The molecule has 0 saturated carbocycles. The zero-order valence-electron chi connectivity index (χ0n) is 22.0. The van der Waals surface area contributed by atoms with Crippen molar-refractivity contribution in [1.82, 2.24) is 24.5 Å². The van der Waals surface area contributed by atoms with Gasteiger partial charge in [-0.25, -0.2) is 13.2 Å². The van der Waals surface area contributed by atoms with Gasteiger partial charge in [0, 0.05) is 25.1 Å². The summed E-state index contributed by atoms with van der Waals surface area (Å²) < 4.78 is 32.6. The summed E-state index contributed by atoms with van der Waals surface area (Å²) in [7, 11) is -4.53. The summed E-state index contributed by atoms with van der Waals surface area (Å²) in [6.45, 7) is 1.43. The molecule has 0 radical (unpaired) electrons. The van der Waals surface area contributed by atoms with Crippen LogP contribution in [0, 0.1) is 0 Å². The second-order valence-electron chi connectivity index (χ2n) is 9.59. The van der Waals surface area contributed by atoms with Crippen molar-refractivity contribution in [2.75, 3.05) is 13.1 Å². The quantitative estimate of drug-likeness (QED) is 0.412. The maximum Gasteiger partial charge on any atom is 0.414 e. The Hall–Kier alpha value is -4.01. The summed E-state index contributed by atoms with van der Waals surface area (Å²) in [6.07, 6.45) is 4.40. The van der Waals surface area contributed by atoms with Crippen LogP contribution in [0.25, 0.3) is 10.6 Å². The van der Waals surface area contributed by atoms with Crippen LogP contribution >= 0.6 is 11.3 Å². The van der Waals surface area contributed by atoms with Crippen LogP contribution in [0.15, 0.2) is 61.1 Å². The van der Waals surface area contributed by atoms with Crippen molar-refractivity contribution in [1.29, 1.82) is 0 Å². The Labute approximate surface area is 240 Å². The normalized spacial score (nSPS) is 19.5. The minimum atomic E-state index is -4.53. The van der Waals surface area contributed by atoms with Crippen LogP contribution in [0.1, 0.15) is 36.5 Å². The fourth-order valence-electron chi connectivity index (χ4n) is 5.11. The summed E-state index contributed by atoms with van der Waals surface area (Å²) in [5.74, 6) is -0.996. The molecule has 5 rings (SSSR count). The predicted octanol–water partition coefficient (Wildman–Crippen LogP) is 2.49. The van der Waals surface area contributed by atoms with Gasteiger partial charge in [-0.2, -0.15) is 4.31 Å². The molecular formula is C27H27N5O7S2. The van der Waals surface area contributed by atoms with E-state index in [1.54, 1.807) is 24.4 Å². The minimum Gasteiger partial charge on any atom is -0.399 e. The topological polar surface area (TPSA) is 156 Å². The van der Waals surface area contributed by atoms with E-state index in [2.05, 4.69) is 15.3 Å². The summed E-state index contributed by atoms with van der Waals surface area (Å²) in [5, 5.41) is 1.76. The number of likely N-dealkylation sites (tertiary alicyclic amines) is 1. The van der Waals surface area contributed by atoms with Crippen molar-refractivity contribution in [3.8, 4) is 15.6 Å². The van der Waals surface area contributed by atoms with Crippen LogP contribution in [0.4, 0.5) is 4.79 Å². The van der Waals surface area contributed by atoms with Crippen molar-refractivity contribution >= 4 is 44.3 Å². The van der Waals surface area contributed by atoms with E-state index >= 15 is 0 Å². The maximum absolute atomic E-state index is 13.6. The smallest absolute Gasteiger partial charge is 0.399 e. The number of hydrogen-bond acceptors (Lipinski definition) is 10. The molecule has 2 saturated heterocycles. The number of ketones is 1. The molecule has 0 spiro atoms. The fraction of sp³-hybridized carbons (Fsp3) is 0.333. The van der Waals surface area contributed by atoms with Crippen LogP contribution in [0.2, 0.25) is 0 Å². The number of nitrogens with zero attached hydrogens (tertiary/aromatic N) is 4. The first-order valence-electron chi connectivity index (χ1n) is 13.0. The molecule has 0 aliphatic carbocycles. The highest BCUT2D eigenvalue weighted by Crippen LogP contribution is 2.34.